The minimum absolute atomic E-state index is 0.0239. The molecule has 6 N–H and O–H groups in total. The van der Waals surface area contributed by atoms with Crippen molar-refractivity contribution in [1.82, 2.24) is 20.5 Å². The molecule has 0 saturated carbocycles. The molecule has 1 aromatic heterocycles. The highest BCUT2D eigenvalue weighted by Gasteiger charge is 2.20. The number of ether oxygens (including phenoxy) is 1. The third-order valence-corrected chi connectivity index (χ3v) is 8.44. The first-order chi connectivity index (χ1) is 24.1. The van der Waals surface area contributed by atoms with Gasteiger partial charge >= 0.3 is 6.09 Å². The molecule has 0 bridgehead atoms. The minimum atomic E-state index is -1.12. The van der Waals surface area contributed by atoms with Crippen LogP contribution in [0.3, 0.4) is 0 Å². The van der Waals surface area contributed by atoms with E-state index in [0.717, 1.165) is 16.7 Å². The zero-order chi connectivity index (χ0) is 35.6. The molecule has 1 unspecified atom stereocenters. The monoisotopic (exact) mass is 678 g/mol. The van der Waals surface area contributed by atoms with E-state index in [9.17, 15) is 29.7 Å². The van der Waals surface area contributed by atoms with Crippen LogP contribution in [0.5, 0.6) is 11.5 Å². The lowest BCUT2D eigenvalue weighted by Crippen LogP contribution is -2.39. The lowest BCUT2D eigenvalue weighted by molar-refractivity contribution is 0.0702. The molecule has 0 aliphatic carbocycles. The predicted octanol–water partition coefficient (Wildman–Crippen LogP) is 5.73. The summed E-state index contributed by atoms with van der Waals surface area (Å²) in [7, 11) is 0. The number of nitrogens with zero attached hydrogens (tertiary/aromatic N) is 1. The maximum absolute atomic E-state index is 13.4. The number of fused-ring (bicyclic) bond motifs is 1. The number of H-pyrrole nitrogens is 1. The number of aliphatic hydroxyl groups excluding tert-OH is 1. The number of hydrogen-bond acceptors (Lipinski definition) is 7. The average molecular weight is 679 g/mol. The molecule has 2 amide bonds. The summed E-state index contributed by atoms with van der Waals surface area (Å²) in [5.74, 6) is 0.453. The molecule has 11 heteroatoms. The Morgan fingerprint density at radius 2 is 1.64 bits per heavy atom. The van der Waals surface area contributed by atoms with Crippen LogP contribution < -0.4 is 20.9 Å². The Labute approximate surface area is 290 Å². The van der Waals surface area contributed by atoms with Gasteiger partial charge in [-0.05, 0) is 85.5 Å². The number of carbonyl (C=O) groups excluding carboxylic acids is 1. The molecular formula is C39H42N4O7. The largest absolute Gasteiger partial charge is 0.506 e. The first kappa shape index (κ1) is 35.7. The Hall–Kier alpha value is -5.65. The summed E-state index contributed by atoms with van der Waals surface area (Å²) in [6.07, 6.45) is -1.32. The van der Waals surface area contributed by atoms with Crippen molar-refractivity contribution < 1.29 is 29.6 Å². The number of nitrogens with one attached hydrogen (secondary N) is 3. The fourth-order valence-electron chi connectivity index (χ4n) is 5.85. The van der Waals surface area contributed by atoms with Crippen LogP contribution in [-0.2, 0) is 6.61 Å². The van der Waals surface area contributed by atoms with Gasteiger partial charge in [-0.3, -0.25) is 9.59 Å². The first-order valence-corrected chi connectivity index (χ1v) is 16.5. The average Bonchev–Trinajstić information content (AvgIpc) is 3.11. The van der Waals surface area contributed by atoms with Crippen LogP contribution in [0.25, 0.3) is 10.9 Å². The smallest absolute Gasteiger partial charge is 0.405 e. The Balaban J connectivity index is 1.12. The highest BCUT2D eigenvalue weighted by Crippen LogP contribution is 2.29. The van der Waals surface area contributed by atoms with Gasteiger partial charge in [-0.2, -0.15) is 0 Å². The number of phenols is 1. The third-order valence-electron chi connectivity index (χ3n) is 8.44. The van der Waals surface area contributed by atoms with Gasteiger partial charge in [0.25, 0.3) is 5.91 Å². The fourth-order valence-corrected chi connectivity index (χ4v) is 5.85. The molecule has 0 aliphatic heterocycles. The molecule has 1 heterocycles. The van der Waals surface area contributed by atoms with Crippen molar-refractivity contribution in [3.8, 4) is 11.5 Å². The summed E-state index contributed by atoms with van der Waals surface area (Å²) in [4.78, 5) is 41.1. The number of rotatable bonds is 15. The molecular weight excluding hydrogens is 636 g/mol. The quantitative estimate of drug-likeness (QED) is 0.0765. The predicted molar refractivity (Wildman–Crippen MR) is 192 cm³/mol. The van der Waals surface area contributed by atoms with Gasteiger partial charge in [0.15, 0.2) is 0 Å². The number of amides is 2. The number of aliphatic hydroxyl groups is 1. The maximum atomic E-state index is 13.4. The molecule has 11 nitrogen and oxygen atoms in total. The van der Waals surface area contributed by atoms with Crippen molar-refractivity contribution in [3.63, 3.8) is 0 Å². The lowest BCUT2D eigenvalue weighted by atomic mass is 9.98. The van der Waals surface area contributed by atoms with E-state index in [4.69, 9.17) is 4.74 Å². The molecule has 0 spiro atoms. The number of phenolic OH excluding ortho intramolecular Hbond substituents is 1. The van der Waals surface area contributed by atoms with Crippen molar-refractivity contribution in [2.24, 2.45) is 0 Å². The number of pyridine rings is 1. The van der Waals surface area contributed by atoms with Crippen molar-refractivity contribution in [3.05, 3.63) is 141 Å². The van der Waals surface area contributed by atoms with E-state index in [2.05, 4.69) is 15.6 Å². The van der Waals surface area contributed by atoms with Crippen molar-refractivity contribution in [1.29, 1.82) is 0 Å². The Kier molecular flexibility index (Phi) is 11.9. The molecule has 0 saturated heterocycles. The van der Waals surface area contributed by atoms with Crippen molar-refractivity contribution in [2.75, 3.05) is 19.6 Å². The van der Waals surface area contributed by atoms with Gasteiger partial charge < -0.3 is 40.6 Å². The normalized spacial score (nSPS) is 12.4. The van der Waals surface area contributed by atoms with Gasteiger partial charge in [0.2, 0.25) is 5.56 Å². The molecule has 5 aromatic rings. The van der Waals surface area contributed by atoms with E-state index in [1.165, 1.54) is 12.1 Å². The van der Waals surface area contributed by atoms with E-state index < -0.39 is 18.2 Å². The summed E-state index contributed by atoms with van der Waals surface area (Å²) in [5.41, 5.74) is 3.55. The zero-order valence-electron chi connectivity index (χ0n) is 28.0. The summed E-state index contributed by atoms with van der Waals surface area (Å²) in [6, 6.07) is 29.4. The molecule has 0 fully saturated rings. The van der Waals surface area contributed by atoms with E-state index in [-0.39, 0.29) is 41.9 Å². The number of aromatic hydroxyl groups is 1. The molecule has 2 atom stereocenters. The minimum Gasteiger partial charge on any atom is -0.506 e. The first-order valence-electron chi connectivity index (χ1n) is 16.5. The second-order valence-electron chi connectivity index (χ2n) is 12.3. The van der Waals surface area contributed by atoms with E-state index in [0.29, 0.717) is 41.8 Å². The number of aromatic amines is 1. The number of benzene rings is 4. The molecule has 260 valence electrons. The summed E-state index contributed by atoms with van der Waals surface area (Å²) < 4.78 is 6.04. The van der Waals surface area contributed by atoms with Crippen molar-refractivity contribution in [2.45, 2.75) is 45.1 Å². The highest BCUT2D eigenvalue weighted by molar-refractivity contribution is 5.94. The molecule has 50 heavy (non-hydrogen) atoms. The molecule has 0 aliphatic rings. The Morgan fingerprint density at radius 3 is 2.36 bits per heavy atom. The van der Waals surface area contributed by atoms with Crippen LogP contribution in [0.4, 0.5) is 4.79 Å². The molecule has 4 aromatic carbocycles. The summed E-state index contributed by atoms with van der Waals surface area (Å²) in [6.45, 7) is 5.56. The standard InChI is InChI=1S/C39H42N4O7/c1-25(2)43(21-7-20-40-23-34(45)31-16-18-33(44)37-32(31)17-19-35(46)41-37)38(47)28-14-12-26(13-15-28)24-50-30-11-6-10-29(22-30)36(42-39(48)49)27-8-4-3-5-9-27/h3-6,8-19,22,25,34,36,40,42,44-45H,7,20-21,23-24H2,1-2H3,(H,41,46)(H,48,49)/t34-,36?/m1/s1. The Morgan fingerprint density at radius 1 is 0.900 bits per heavy atom. The zero-order valence-corrected chi connectivity index (χ0v) is 28.0. The number of carbonyl (C=O) groups is 2. The van der Waals surface area contributed by atoms with Gasteiger partial charge in [-0.1, -0.05) is 60.7 Å². The number of hydrogen-bond donors (Lipinski definition) is 6. The Bertz CT molecular complexity index is 1960. The van der Waals surface area contributed by atoms with Gasteiger partial charge in [0, 0.05) is 36.1 Å². The highest BCUT2D eigenvalue weighted by atomic mass is 16.5. The maximum Gasteiger partial charge on any atom is 0.405 e. The van der Waals surface area contributed by atoms with Crippen LogP contribution in [0.2, 0.25) is 0 Å². The molecule has 5 rings (SSSR count). The van der Waals surface area contributed by atoms with Crippen LogP contribution in [-0.4, -0.2) is 62.9 Å². The van der Waals surface area contributed by atoms with Crippen LogP contribution in [0, 0.1) is 0 Å². The SMILES string of the molecule is CC(C)N(CCCNC[C@@H](O)c1ccc(O)c2[nH]c(=O)ccc12)C(=O)c1ccc(COc2cccc(C(NC(=O)O)c3ccccc3)c2)cc1. The second-order valence-corrected chi connectivity index (χ2v) is 12.3. The van der Waals surface area contributed by atoms with E-state index in [1.54, 1.807) is 24.3 Å². The van der Waals surface area contributed by atoms with Gasteiger partial charge in [-0.25, -0.2) is 4.79 Å². The fraction of sp³-hybridized carbons (Fsp3) is 0.256. The number of aromatic nitrogens is 1. The van der Waals surface area contributed by atoms with E-state index >= 15 is 0 Å². The third kappa shape index (κ3) is 9.07. The van der Waals surface area contributed by atoms with Crippen LogP contribution >= 0.6 is 0 Å². The molecule has 0 radical (unpaired) electrons. The van der Waals surface area contributed by atoms with Crippen LogP contribution in [0.15, 0.2) is 108 Å². The van der Waals surface area contributed by atoms with Crippen molar-refractivity contribution >= 4 is 22.9 Å². The van der Waals surface area contributed by atoms with Crippen LogP contribution in [0.1, 0.15) is 65.0 Å². The van der Waals surface area contributed by atoms with Gasteiger partial charge in [0.1, 0.15) is 18.1 Å². The topological polar surface area (TPSA) is 164 Å². The summed E-state index contributed by atoms with van der Waals surface area (Å²) in [5, 5.41) is 36.7. The second kappa shape index (κ2) is 16.6. The van der Waals surface area contributed by atoms with Gasteiger partial charge in [-0.15, -0.1) is 0 Å². The van der Waals surface area contributed by atoms with E-state index in [1.807, 2.05) is 85.5 Å². The van der Waals surface area contributed by atoms with Gasteiger partial charge in [0.05, 0.1) is 17.7 Å². The lowest BCUT2D eigenvalue weighted by Gasteiger charge is -2.27. The summed E-state index contributed by atoms with van der Waals surface area (Å²) >= 11 is 0. The number of carboxylic acid groups (broad SMARTS) is 1.